The average Bonchev–Trinajstić information content (AvgIpc) is 2.47. The number of aliphatic imine (C=N–C) groups is 1. The van der Waals surface area contributed by atoms with Gasteiger partial charge >= 0.3 is 0 Å². The summed E-state index contributed by atoms with van der Waals surface area (Å²) in [5.74, 6) is 0.685. The Balaban J connectivity index is 1.96. The van der Waals surface area contributed by atoms with Gasteiger partial charge in [-0.1, -0.05) is 18.2 Å². The second kappa shape index (κ2) is 6.90. The quantitative estimate of drug-likeness (QED) is 0.517. The number of aryl methyl sites for hydroxylation is 2. The Bertz CT molecular complexity index is 535. The normalized spacial score (nSPS) is 11.5. The molecule has 0 unspecified atom stereocenters. The van der Waals surface area contributed by atoms with E-state index in [9.17, 15) is 0 Å². The fourth-order valence-electron chi connectivity index (χ4n) is 1.75. The van der Waals surface area contributed by atoms with Crippen LogP contribution in [0.25, 0.3) is 0 Å². The molecule has 0 spiro atoms. The maximum absolute atomic E-state index is 5.59. The van der Waals surface area contributed by atoms with Crippen LogP contribution in [0.5, 0.6) is 0 Å². The SMILES string of the molecule is NC(CCl)=Nc1ccc(CCc2ccccn2)cc1. The number of benzene rings is 1. The summed E-state index contributed by atoms with van der Waals surface area (Å²) < 4.78 is 0. The van der Waals surface area contributed by atoms with Crippen LogP contribution in [0.15, 0.2) is 53.7 Å². The lowest BCUT2D eigenvalue weighted by Crippen LogP contribution is -2.12. The predicted octanol–water partition coefficient (Wildman–Crippen LogP) is 3.09. The molecule has 1 aromatic carbocycles. The van der Waals surface area contributed by atoms with Crippen LogP contribution >= 0.6 is 11.6 Å². The fraction of sp³-hybridized carbons (Fsp3) is 0.200. The first-order chi connectivity index (χ1) is 9.28. The van der Waals surface area contributed by atoms with Gasteiger partial charge in [0.15, 0.2) is 0 Å². The molecule has 3 nitrogen and oxygen atoms in total. The summed E-state index contributed by atoms with van der Waals surface area (Å²) in [6, 6.07) is 14.0. The van der Waals surface area contributed by atoms with Gasteiger partial charge in [0.05, 0.1) is 11.6 Å². The fourth-order valence-corrected chi connectivity index (χ4v) is 1.81. The molecule has 0 saturated heterocycles. The number of rotatable bonds is 5. The maximum atomic E-state index is 5.59. The zero-order valence-electron chi connectivity index (χ0n) is 10.6. The van der Waals surface area contributed by atoms with Crippen molar-refractivity contribution < 1.29 is 0 Å². The van der Waals surface area contributed by atoms with E-state index >= 15 is 0 Å². The van der Waals surface area contributed by atoms with Crippen molar-refractivity contribution in [1.82, 2.24) is 4.98 Å². The van der Waals surface area contributed by atoms with Gasteiger partial charge in [-0.15, -0.1) is 11.6 Å². The molecule has 0 bridgehead atoms. The van der Waals surface area contributed by atoms with Gasteiger partial charge in [-0.25, -0.2) is 4.99 Å². The van der Waals surface area contributed by atoms with Gasteiger partial charge in [-0.05, 0) is 42.7 Å². The lowest BCUT2D eigenvalue weighted by Gasteiger charge is -2.02. The van der Waals surface area contributed by atoms with E-state index in [-0.39, 0.29) is 5.88 Å². The van der Waals surface area contributed by atoms with E-state index in [0.717, 1.165) is 24.2 Å². The van der Waals surface area contributed by atoms with Crippen LogP contribution < -0.4 is 5.73 Å². The highest BCUT2D eigenvalue weighted by molar-refractivity contribution is 6.28. The minimum Gasteiger partial charge on any atom is -0.386 e. The summed E-state index contributed by atoms with van der Waals surface area (Å²) in [6.07, 6.45) is 3.72. The van der Waals surface area contributed by atoms with Gasteiger partial charge in [-0.2, -0.15) is 0 Å². The third kappa shape index (κ3) is 4.38. The van der Waals surface area contributed by atoms with Gasteiger partial charge < -0.3 is 5.73 Å². The van der Waals surface area contributed by atoms with Crippen molar-refractivity contribution in [2.45, 2.75) is 12.8 Å². The van der Waals surface area contributed by atoms with Gasteiger partial charge in [0, 0.05) is 11.9 Å². The van der Waals surface area contributed by atoms with Gasteiger partial charge in [0.25, 0.3) is 0 Å². The molecule has 0 atom stereocenters. The van der Waals surface area contributed by atoms with Gasteiger partial charge in [0.1, 0.15) is 5.84 Å². The molecular weight excluding hydrogens is 258 g/mol. The number of hydrogen-bond acceptors (Lipinski definition) is 2. The molecule has 2 rings (SSSR count). The molecule has 0 aliphatic carbocycles. The number of alkyl halides is 1. The van der Waals surface area contributed by atoms with Crippen molar-refractivity contribution in [3.8, 4) is 0 Å². The molecule has 19 heavy (non-hydrogen) atoms. The van der Waals surface area contributed by atoms with Crippen molar-refractivity contribution in [3.05, 3.63) is 59.9 Å². The van der Waals surface area contributed by atoms with E-state index in [1.807, 2.05) is 36.5 Å². The van der Waals surface area contributed by atoms with Crippen LogP contribution in [0.4, 0.5) is 5.69 Å². The average molecular weight is 274 g/mol. The van der Waals surface area contributed by atoms with Crippen molar-refractivity contribution in [1.29, 1.82) is 0 Å². The predicted molar refractivity (Wildman–Crippen MR) is 80.1 cm³/mol. The Morgan fingerprint density at radius 2 is 1.89 bits per heavy atom. The van der Waals surface area contributed by atoms with E-state index in [1.165, 1.54) is 5.56 Å². The molecule has 0 fully saturated rings. The van der Waals surface area contributed by atoms with Crippen LogP contribution in [0.1, 0.15) is 11.3 Å². The summed E-state index contributed by atoms with van der Waals surface area (Å²) in [7, 11) is 0. The minimum absolute atomic E-state index is 0.251. The number of nitrogens with two attached hydrogens (primary N) is 1. The zero-order valence-corrected chi connectivity index (χ0v) is 11.3. The van der Waals surface area contributed by atoms with Crippen LogP contribution in [0, 0.1) is 0 Å². The van der Waals surface area contributed by atoms with Crippen LogP contribution in [-0.2, 0) is 12.8 Å². The second-order valence-electron chi connectivity index (χ2n) is 4.22. The second-order valence-corrected chi connectivity index (χ2v) is 4.49. The van der Waals surface area contributed by atoms with Crippen LogP contribution in [-0.4, -0.2) is 16.7 Å². The Hall–Kier alpha value is -1.87. The van der Waals surface area contributed by atoms with Crippen molar-refractivity contribution in [2.75, 3.05) is 5.88 Å². The molecule has 4 heteroatoms. The first kappa shape index (κ1) is 13.6. The molecule has 0 aliphatic rings. The van der Waals surface area contributed by atoms with E-state index < -0.39 is 0 Å². The third-order valence-electron chi connectivity index (χ3n) is 2.74. The highest BCUT2D eigenvalue weighted by Gasteiger charge is 1.97. The van der Waals surface area contributed by atoms with Gasteiger partial charge in [-0.3, -0.25) is 4.98 Å². The van der Waals surface area contributed by atoms with E-state index in [1.54, 1.807) is 0 Å². The molecule has 1 aromatic heterocycles. The first-order valence-corrected chi connectivity index (χ1v) is 6.69. The third-order valence-corrected chi connectivity index (χ3v) is 3.02. The Kier molecular flexibility index (Phi) is 4.93. The lowest BCUT2D eigenvalue weighted by molar-refractivity contribution is 0.914. The monoisotopic (exact) mass is 273 g/mol. The highest BCUT2D eigenvalue weighted by atomic mass is 35.5. The van der Waals surface area contributed by atoms with Crippen LogP contribution in [0.2, 0.25) is 0 Å². The van der Waals surface area contributed by atoms with Crippen molar-refractivity contribution in [3.63, 3.8) is 0 Å². The topological polar surface area (TPSA) is 51.3 Å². The Morgan fingerprint density at radius 1 is 1.11 bits per heavy atom. The number of halogens is 1. The molecule has 0 aliphatic heterocycles. The molecule has 0 radical (unpaired) electrons. The molecule has 2 aromatic rings. The summed E-state index contributed by atoms with van der Waals surface area (Å²) in [4.78, 5) is 8.50. The minimum atomic E-state index is 0.251. The summed E-state index contributed by atoms with van der Waals surface area (Å²) in [5, 5.41) is 0. The molecule has 1 heterocycles. The molecular formula is C15H16ClN3. The number of hydrogen-bond donors (Lipinski definition) is 1. The smallest absolute Gasteiger partial charge is 0.115 e. The van der Waals surface area contributed by atoms with E-state index in [4.69, 9.17) is 17.3 Å². The molecule has 0 saturated carbocycles. The number of amidine groups is 1. The summed E-state index contributed by atoms with van der Waals surface area (Å²) in [5.41, 5.74) is 8.79. The zero-order chi connectivity index (χ0) is 13.5. The number of pyridine rings is 1. The van der Waals surface area contributed by atoms with Crippen LogP contribution in [0.3, 0.4) is 0 Å². The molecule has 2 N–H and O–H groups in total. The summed E-state index contributed by atoms with van der Waals surface area (Å²) >= 11 is 5.59. The standard InChI is InChI=1S/C15H16ClN3/c16-11-15(17)19-14-8-5-12(6-9-14)4-7-13-3-1-2-10-18-13/h1-3,5-6,8-10H,4,7,11H2,(H2,17,19). The van der Waals surface area contributed by atoms with Crippen molar-refractivity contribution in [2.24, 2.45) is 10.7 Å². The Labute approximate surface area is 118 Å². The Morgan fingerprint density at radius 3 is 2.53 bits per heavy atom. The summed E-state index contributed by atoms with van der Waals surface area (Å²) in [6.45, 7) is 0. The highest BCUT2D eigenvalue weighted by Crippen LogP contribution is 2.14. The molecule has 98 valence electrons. The van der Waals surface area contributed by atoms with E-state index in [2.05, 4.69) is 22.1 Å². The van der Waals surface area contributed by atoms with E-state index in [0.29, 0.717) is 5.84 Å². The first-order valence-electron chi connectivity index (χ1n) is 6.16. The number of aromatic nitrogens is 1. The van der Waals surface area contributed by atoms with Crippen molar-refractivity contribution >= 4 is 23.1 Å². The lowest BCUT2D eigenvalue weighted by atomic mass is 10.1. The van der Waals surface area contributed by atoms with Gasteiger partial charge in [0.2, 0.25) is 0 Å². The maximum Gasteiger partial charge on any atom is 0.115 e. The number of nitrogens with zero attached hydrogens (tertiary/aromatic N) is 2. The molecule has 0 amide bonds. The largest absolute Gasteiger partial charge is 0.386 e.